The van der Waals surface area contributed by atoms with E-state index >= 15 is 0 Å². The van der Waals surface area contributed by atoms with E-state index in [9.17, 15) is 4.79 Å². The third-order valence-corrected chi connectivity index (χ3v) is 3.72. The number of carbonyl (C=O) groups excluding carboxylic acids is 1. The van der Waals surface area contributed by atoms with Crippen LogP contribution in [0.15, 0.2) is 18.2 Å². The van der Waals surface area contributed by atoms with E-state index in [4.69, 9.17) is 0 Å². The van der Waals surface area contributed by atoms with Crippen LogP contribution < -0.4 is 10.7 Å². The van der Waals surface area contributed by atoms with Gasteiger partial charge >= 0.3 is 0 Å². The van der Waals surface area contributed by atoms with E-state index in [2.05, 4.69) is 16.8 Å². The lowest BCUT2D eigenvalue weighted by Crippen LogP contribution is -2.45. The van der Waals surface area contributed by atoms with Crippen molar-refractivity contribution in [3.63, 3.8) is 0 Å². The number of benzene rings is 1. The van der Waals surface area contributed by atoms with E-state index in [-0.39, 0.29) is 5.91 Å². The van der Waals surface area contributed by atoms with Crippen LogP contribution in [0.2, 0.25) is 0 Å². The molecule has 0 unspecified atom stereocenters. The van der Waals surface area contributed by atoms with Gasteiger partial charge < -0.3 is 5.32 Å². The Morgan fingerprint density at radius 1 is 1.11 bits per heavy atom. The van der Waals surface area contributed by atoms with Crippen LogP contribution in [0, 0.1) is 0 Å². The Bertz CT molecular complexity index is 452. The third kappa shape index (κ3) is 2.40. The average molecular weight is 245 g/mol. The molecule has 18 heavy (non-hydrogen) atoms. The largest absolute Gasteiger partial charge is 0.309 e. The summed E-state index contributed by atoms with van der Waals surface area (Å²) in [5, 5.41) is 5.33. The van der Waals surface area contributed by atoms with Crippen LogP contribution >= 0.6 is 0 Å². The zero-order chi connectivity index (χ0) is 12.4. The Hall–Kier alpha value is -1.39. The summed E-state index contributed by atoms with van der Waals surface area (Å²) >= 11 is 0. The lowest BCUT2D eigenvalue weighted by atomic mass is 10.1. The van der Waals surface area contributed by atoms with Crippen molar-refractivity contribution in [3.05, 3.63) is 34.9 Å². The molecule has 0 atom stereocenters. The summed E-state index contributed by atoms with van der Waals surface area (Å²) < 4.78 is 0. The standard InChI is InChI=1S/C14H19N3O/c18-14(16-17-6-2-1-3-7-17)11-4-5-12-9-15-10-13(12)8-11/h4-5,8,15H,1-3,6-7,9-10H2,(H,16,18). The van der Waals surface area contributed by atoms with Crippen LogP contribution in [0.4, 0.5) is 0 Å². The van der Waals surface area contributed by atoms with Gasteiger partial charge in [-0.2, -0.15) is 0 Å². The monoisotopic (exact) mass is 245 g/mol. The molecular formula is C14H19N3O. The maximum absolute atomic E-state index is 12.1. The van der Waals surface area contributed by atoms with Crippen molar-refractivity contribution in [2.75, 3.05) is 13.1 Å². The van der Waals surface area contributed by atoms with Gasteiger partial charge in [0, 0.05) is 31.7 Å². The molecule has 2 N–H and O–H groups in total. The molecule has 0 saturated carbocycles. The van der Waals surface area contributed by atoms with Crippen LogP contribution in [-0.4, -0.2) is 24.0 Å². The summed E-state index contributed by atoms with van der Waals surface area (Å²) in [6.45, 7) is 3.74. The Labute approximate surface area is 107 Å². The van der Waals surface area contributed by atoms with Crippen molar-refractivity contribution < 1.29 is 4.79 Å². The first-order chi connectivity index (χ1) is 8.83. The summed E-state index contributed by atoms with van der Waals surface area (Å²) in [6.07, 6.45) is 3.62. The van der Waals surface area contributed by atoms with Crippen LogP contribution in [0.25, 0.3) is 0 Å². The topological polar surface area (TPSA) is 44.4 Å². The van der Waals surface area contributed by atoms with Crippen molar-refractivity contribution in [2.24, 2.45) is 0 Å². The molecule has 1 aromatic rings. The molecule has 2 aliphatic heterocycles. The smallest absolute Gasteiger partial charge is 0.265 e. The molecule has 0 spiro atoms. The maximum atomic E-state index is 12.1. The number of piperidine rings is 1. The quantitative estimate of drug-likeness (QED) is 0.828. The van der Waals surface area contributed by atoms with Gasteiger partial charge in [-0.25, -0.2) is 5.01 Å². The number of hydrazine groups is 1. The predicted molar refractivity (Wildman–Crippen MR) is 69.9 cm³/mol. The molecule has 0 aromatic heterocycles. The first-order valence-corrected chi connectivity index (χ1v) is 6.71. The molecule has 4 heteroatoms. The Morgan fingerprint density at radius 2 is 1.89 bits per heavy atom. The maximum Gasteiger partial charge on any atom is 0.265 e. The van der Waals surface area contributed by atoms with Gasteiger partial charge in [0.05, 0.1) is 0 Å². The van der Waals surface area contributed by atoms with Crippen molar-refractivity contribution in [3.8, 4) is 0 Å². The van der Waals surface area contributed by atoms with Crippen molar-refractivity contribution in [1.82, 2.24) is 15.8 Å². The van der Waals surface area contributed by atoms with Gasteiger partial charge in [-0.05, 0) is 36.1 Å². The zero-order valence-electron chi connectivity index (χ0n) is 10.5. The number of carbonyl (C=O) groups is 1. The van der Waals surface area contributed by atoms with Gasteiger partial charge in [-0.3, -0.25) is 10.2 Å². The average Bonchev–Trinajstić information content (AvgIpc) is 2.87. The van der Waals surface area contributed by atoms with E-state index < -0.39 is 0 Å². The van der Waals surface area contributed by atoms with Crippen molar-refractivity contribution in [1.29, 1.82) is 0 Å². The Balaban J connectivity index is 1.68. The molecule has 1 saturated heterocycles. The van der Waals surface area contributed by atoms with E-state index in [1.54, 1.807) is 0 Å². The lowest BCUT2D eigenvalue weighted by Gasteiger charge is -2.26. The van der Waals surface area contributed by atoms with Crippen LogP contribution in [-0.2, 0) is 13.1 Å². The van der Waals surface area contributed by atoms with E-state index in [1.807, 2.05) is 17.1 Å². The zero-order valence-corrected chi connectivity index (χ0v) is 10.5. The minimum absolute atomic E-state index is 0.0200. The van der Waals surface area contributed by atoms with Gasteiger partial charge in [0.15, 0.2) is 0 Å². The molecule has 0 bridgehead atoms. The first kappa shape index (κ1) is 11.7. The van der Waals surface area contributed by atoms with E-state index in [0.29, 0.717) is 0 Å². The number of fused-ring (bicyclic) bond motifs is 1. The molecule has 1 amide bonds. The summed E-state index contributed by atoms with van der Waals surface area (Å²) in [7, 11) is 0. The fourth-order valence-electron chi connectivity index (χ4n) is 2.65. The number of nitrogens with one attached hydrogen (secondary N) is 2. The molecule has 96 valence electrons. The third-order valence-electron chi connectivity index (χ3n) is 3.72. The fraction of sp³-hybridized carbons (Fsp3) is 0.500. The van der Waals surface area contributed by atoms with Crippen LogP contribution in [0.1, 0.15) is 40.7 Å². The number of rotatable bonds is 2. The van der Waals surface area contributed by atoms with Crippen molar-refractivity contribution in [2.45, 2.75) is 32.4 Å². The van der Waals surface area contributed by atoms with Gasteiger partial charge in [0.25, 0.3) is 5.91 Å². The van der Waals surface area contributed by atoms with Crippen molar-refractivity contribution >= 4 is 5.91 Å². The Morgan fingerprint density at radius 3 is 2.72 bits per heavy atom. The lowest BCUT2D eigenvalue weighted by molar-refractivity contribution is 0.0750. The van der Waals surface area contributed by atoms with E-state index in [1.165, 1.54) is 30.4 Å². The minimum Gasteiger partial charge on any atom is -0.309 e. The normalized spacial score (nSPS) is 19.6. The highest BCUT2D eigenvalue weighted by molar-refractivity contribution is 5.94. The number of hydrogen-bond acceptors (Lipinski definition) is 3. The summed E-state index contributed by atoms with van der Waals surface area (Å²) in [6, 6.07) is 5.99. The second-order valence-electron chi connectivity index (χ2n) is 5.08. The molecule has 3 rings (SSSR count). The van der Waals surface area contributed by atoms with Crippen LogP contribution in [0.3, 0.4) is 0 Å². The molecule has 0 aliphatic carbocycles. The molecule has 2 heterocycles. The minimum atomic E-state index is 0.0200. The Kier molecular flexibility index (Phi) is 3.30. The summed E-state index contributed by atoms with van der Waals surface area (Å²) in [4.78, 5) is 12.1. The highest BCUT2D eigenvalue weighted by Gasteiger charge is 2.16. The second kappa shape index (κ2) is 5.08. The molecule has 0 radical (unpaired) electrons. The van der Waals surface area contributed by atoms with Gasteiger partial charge in [0.2, 0.25) is 0 Å². The highest BCUT2D eigenvalue weighted by Crippen LogP contribution is 2.17. The second-order valence-corrected chi connectivity index (χ2v) is 5.08. The number of amides is 1. The van der Waals surface area contributed by atoms with Crippen LogP contribution in [0.5, 0.6) is 0 Å². The highest BCUT2D eigenvalue weighted by atomic mass is 16.2. The van der Waals surface area contributed by atoms with Gasteiger partial charge in [-0.15, -0.1) is 0 Å². The molecule has 1 fully saturated rings. The van der Waals surface area contributed by atoms with Gasteiger partial charge in [-0.1, -0.05) is 12.5 Å². The molecule has 2 aliphatic rings. The molecule has 4 nitrogen and oxygen atoms in total. The molecular weight excluding hydrogens is 226 g/mol. The molecule has 1 aromatic carbocycles. The fourth-order valence-corrected chi connectivity index (χ4v) is 2.65. The number of nitrogens with zero attached hydrogens (tertiary/aromatic N) is 1. The van der Waals surface area contributed by atoms with Gasteiger partial charge in [0.1, 0.15) is 0 Å². The summed E-state index contributed by atoms with van der Waals surface area (Å²) in [5.74, 6) is 0.0200. The summed E-state index contributed by atoms with van der Waals surface area (Å²) in [5.41, 5.74) is 6.33. The predicted octanol–water partition coefficient (Wildman–Crippen LogP) is 1.42. The SMILES string of the molecule is O=C(NN1CCCCC1)c1ccc2c(c1)CNC2. The number of hydrogen-bond donors (Lipinski definition) is 2. The first-order valence-electron chi connectivity index (χ1n) is 6.71. The van der Waals surface area contributed by atoms with E-state index in [0.717, 1.165) is 31.7 Å².